The molecule has 0 radical (unpaired) electrons. The molecule has 0 saturated carbocycles. The maximum atomic E-state index is 6.19. The van der Waals surface area contributed by atoms with E-state index in [1.165, 1.54) is 31.3 Å². The zero-order valence-electron chi connectivity index (χ0n) is 14.7. The van der Waals surface area contributed by atoms with Crippen molar-refractivity contribution in [2.24, 2.45) is 0 Å². The minimum atomic E-state index is -0.203. The monoisotopic (exact) mass is 290 g/mol. The highest BCUT2D eigenvalue weighted by molar-refractivity contribution is 6.47. The van der Waals surface area contributed by atoms with Crippen molar-refractivity contribution in [3.05, 3.63) is 23.3 Å². The van der Waals surface area contributed by atoms with Crippen LogP contribution in [0.5, 0.6) is 0 Å². The van der Waals surface area contributed by atoms with E-state index in [2.05, 4.69) is 53.7 Å². The van der Waals surface area contributed by atoms with Gasteiger partial charge in [0, 0.05) is 0 Å². The Labute approximate surface area is 131 Å². The van der Waals surface area contributed by atoms with Crippen molar-refractivity contribution in [2.75, 3.05) is 0 Å². The summed E-state index contributed by atoms with van der Waals surface area (Å²) in [4.78, 5) is 0. The van der Waals surface area contributed by atoms with Gasteiger partial charge in [-0.1, -0.05) is 23.3 Å². The van der Waals surface area contributed by atoms with Crippen molar-refractivity contribution >= 4 is 7.12 Å². The second-order valence-electron chi connectivity index (χ2n) is 7.84. The Morgan fingerprint density at radius 1 is 1.24 bits per heavy atom. The number of hydrogen-bond donors (Lipinski definition) is 0. The first-order valence-electron chi connectivity index (χ1n) is 8.38. The summed E-state index contributed by atoms with van der Waals surface area (Å²) < 4.78 is 12.4. The minimum absolute atomic E-state index is 0.0365. The average molecular weight is 290 g/mol. The van der Waals surface area contributed by atoms with E-state index >= 15 is 0 Å². The van der Waals surface area contributed by atoms with E-state index in [9.17, 15) is 0 Å². The van der Waals surface area contributed by atoms with Gasteiger partial charge in [0.05, 0.1) is 11.2 Å². The number of allylic oxidation sites excluding steroid dienone is 4. The van der Waals surface area contributed by atoms with Gasteiger partial charge in [0.15, 0.2) is 0 Å². The standard InChI is InChI=1S/C18H31BO2/c1-14(2)8-7-9-15-10-12-16(13-11-15)19-20-17(3,4)18(5,6)21-19/h8,10,16H,7,9,11-13H2,1-6H3. The molecule has 0 spiro atoms. The Morgan fingerprint density at radius 3 is 2.33 bits per heavy atom. The van der Waals surface area contributed by atoms with Crippen LogP contribution in [-0.2, 0) is 9.31 Å². The maximum absolute atomic E-state index is 6.19. The highest BCUT2D eigenvalue weighted by atomic mass is 16.7. The van der Waals surface area contributed by atoms with E-state index in [-0.39, 0.29) is 18.3 Å². The van der Waals surface area contributed by atoms with Crippen LogP contribution in [0.2, 0.25) is 5.82 Å². The van der Waals surface area contributed by atoms with Crippen LogP contribution in [-0.4, -0.2) is 18.3 Å². The molecule has 1 aliphatic heterocycles. The zero-order valence-corrected chi connectivity index (χ0v) is 14.7. The molecular weight excluding hydrogens is 259 g/mol. The van der Waals surface area contributed by atoms with Crippen LogP contribution in [0.4, 0.5) is 0 Å². The molecule has 2 nitrogen and oxygen atoms in total. The maximum Gasteiger partial charge on any atom is 0.461 e. The Hall–Kier alpha value is -0.535. The first-order valence-corrected chi connectivity index (χ1v) is 8.38. The molecule has 0 bridgehead atoms. The normalized spacial score (nSPS) is 27.4. The lowest BCUT2D eigenvalue weighted by Gasteiger charge is -2.32. The van der Waals surface area contributed by atoms with Gasteiger partial charge in [0.1, 0.15) is 0 Å². The van der Waals surface area contributed by atoms with Gasteiger partial charge >= 0.3 is 7.12 Å². The molecule has 0 amide bonds. The van der Waals surface area contributed by atoms with Crippen molar-refractivity contribution in [3.63, 3.8) is 0 Å². The highest BCUT2D eigenvalue weighted by Crippen LogP contribution is 2.43. The summed E-state index contributed by atoms with van der Waals surface area (Å²) in [6.45, 7) is 12.9. The van der Waals surface area contributed by atoms with Crippen LogP contribution in [0.3, 0.4) is 0 Å². The zero-order chi connectivity index (χ0) is 15.7. The van der Waals surface area contributed by atoms with Crippen molar-refractivity contribution in [2.45, 2.75) is 90.7 Å². The SMILES string of the molecule is CC(C)=CCCC1=CCC(B2OC(C)(C)C(C)(C)O2)CC1. The molecule has 1 aliphatic carbocycles. The molecule has 118 valence electrons. The molecule has 3 heteroatoms. The summed E-state index contributed by atoms with van der Waals surface area (Å²) in [5.74, 6) is 0.512. The summed E-state index contributed by atoms with van der Waals surface area (Å²) >= 11 is 0. The quantitative estimate of drug-likeness (QED) is 0.516. The predicted molar refractivity (Wildman–Crippen MR) is 90.4 cm³/mol. The highest BCUT2D eigenvalue weighted by Gasteiger charge is 2.53. The molecular formula is C18H31BO2. The third-order valence-corrected chi connectivity index (χ3v) is 5.22. The van der Waals surface area contributed by atoms with Crippen LogP contribution in [0.25, 0.3) is 0 Å². The van der Waals surface area contributed by atoms with Gasteiger partial charge in [-0.25, -0.2) is 0 Å². The molecule has 1 fully saturated rings. The van der Waals surface area contributed by atoms with Crippen LogP contribution >= 0.6 is 0 Å². The largest absolute Gasteiger partial charge is 0.461 e. The molecule has 2 rings (SSSR count). The molecule has 2 aliphatic rings. The van der Waals surface area contributed by atoms with E-state index in [1.54, 1.807) is 5.57 Å². The Morgan fingerprint density at radius 2 is 1.86 bits per heavy atom. The Balaban J connectivity index is 1.87. The fourth-order valence-electron chi connectivity index (χ4n) is 3.01. The van der Waals surface area contributed by atoms with Crippen molar-refractivity contribution < 1.29 is 9.31 Å². The molecule has 0 aromatic heterocycles. The van der Waals surface area contributed by atoms with Crippen LogP contribution in [0.1, 0.15) is 73.6 Å². The van der Waals surface area contributed by atoms with Crippen LogP contribution < -0.4 is 0 Å². The minimum Gasteiger partial charge on any atom is -0.403 e. The van der Waals surface area contributed by atoms with Crippen molar-refractivity contribution in [3.8, 4) is 0 Å². The summed E-state index contributed by atoms with van der Waals surface area (Å²) in [7, 11) is -0.0365. The smallest absolute Gasteiger partial charge is 0.403 e. The van der Waals surface area contributed by atoms with E-state index in [1.807, 2.05) is 0 Å². The molecule has 0 aromatic rings. The second-order valence-corrected chi connectivity index (χ2v) is 7.84. The van der Waals surface area contributed by atoms with Crippen LogP contribution in [0, 0.1) is 0 Å². The summed E-state index contributed by atoms with van der Waals surface area (Å²) in [6, 6.07) is 0. The molecule has 1 unspecified atom stereocenters. The van der Waals surface area contributed by atoms with Crippen LogP contribution in [0.15, 0.2) is 23.3 Å². The second kappa shape index (κ2) is 6.30. The summed E-state index contributed by atoms with van der Waals surface area (Å²) in [6.07, 6.45) is 10.6. The van der Waals surface area contributed by atoms with Gasteiger partial charge in [-0.05, 0) is 79.5 Å². The third-order valence-electron chi connectivity index (χ3n) is 5.22. The van der Waals surface area contributed by atoms with Gasteiger partial charge in [0.2, 0.25) is 0 Å². The van der Waals surface area contributed by atoms with E-state index < -0.39 is 0 Å². The molecule has 0 aromatic carbocycles. The van der Waals surface area contributed by atoms with Gasteiger partial charge in [-0.3, -0.25) is 0 Å². The fraction of sp³-hybridized carbons (Fsp3) is 0.778. The Kier molecular flexibility index (Phi) is 5.05. The molecule has 21 heavy (non-hydrogen) atoms. The van der Waals surface area contributed by atoms with Crippen molar-refractivity contribution in [1.29, 1.82) is 0 Å². The van der Waals surface area contributed by atoms with Gasteiger partial charge in [-0.2, -0.15) is 0 Å². The average Bonchev–Trinajstić information content (AvgIpc) is 2.59. The first kappa shape index (κ1) is 16.8. The predicted octanol–water partition coefficient (Wildman–Crippen LogP) is 5.31. The lowest BCUT2D eigenvalue weighted by atomic mass is 9.65. The fourth-order valence-corrected chi connectivity index (χ4v) is 3.01. The summed E-state index contributed by atoms with van der Waals surface area (Å²) in [5.41, 5.74) is 2.62. The van der Waals surface area contributed by atoms with Gasteiger partial charge < -0.3 is 9.31 Å². The van der Waals surface area contributed by atoms with E-state index in [0.29, 0.717) is 5.82 Å². The number of hydrogen-bond acceptors (Lipinski definition) is 2. The summed E-state index contributed by atoms with van der Waals surface area (Å²) in [5, 5.41) is 0. The Bertz CT molecular complexity index is 414. The first-order chi connectivity index (χ1) is 9.71. The number of rotatable bonds is 4. The van der Waals surface area contributed by atoms with E-state index in [4.69, 9.17) is 9.31 Å². The lowest BCUT2D eigenvalue weighted by molar-refractivity contribution is 0.00578. The van der Waals surface area contributed by atoms with Crippen molar-refractivity contribution in [1.82, 2.24) is 0 Å². The van der Waals surface area contributed by atoms with E-state index in [0.717, 1.165) is 6.42 Å². The molecule has 1 saturated heterocycles. The topological polar surface area (TPSA) is 18.5 Å². The van der Waals surface area contributed by atoms with Gasteiger partial charge in [0.25, 0.3) is 0 Å². The lowest BCUT2D eigenvalue weighted by Crippen LogP contribution is -2.41. The molecule has 0 N–H and O–H groups in total. The molecule has 1 heterocycles. The molecule has 1 atom stereocenters. The van der Waals surface area contributed by atoms with Gasteiger partial charge in [-0.15, -0.1) is 0 Å². The third kappa shape index (κ3) is 4.01.